The van der Waals surface area contributed by atoms with Crippen molar-refractivity contribution in [1.82, 2.24) is 98.6 Å². The second-order valence-electron chi connectivity index (χ2n) is 38.3. The Morgan fingerprint density at radius 1 is 0.288 bits per heavy atom. The maximum absolute atomic E-state index is 6.52. The molecule has 16 heterocycles. The predicted molar refractivity (Wildman–Crippen MR) is 542 cm³/mol. The summed E-state index contributed by atoms with van der Waals surface area (Å²) in [6.07, 6.45) is 30.5. The zero-order chi connectivity index (χ0) is 92.4. The van der Waals surface area contributed by atoms with Crippen LogP contribution >= 0.6 is 92.8 Å². The fourth-order valence-corrected chi connectivity index (χ4v) is 24.0. The summed E-state index contributed by atoms with van der Waals surface area (Å²) >= 11 is 50.4. The Bertz CT molecular complexity index is 6050. The zero-order valence-electron chi connectivity index (χ0n) is 78.3. The van der Waals surface area contributed by atoms with Gasteiger partial charge < -0.3 is 19.6 Å². The Hall–Kier alpha value is -7.82. The molecule has 4 aromatic carbocycles. The maximum atomic E-state index is 6.52. The van der Waals surface area contributed by atoms with E-state index in [0.29, 0.717) is 88.0 Å². The number of hydrogen-bond donors (Lipinski definition) is 0. The molecule has 0 bridgehead atoms. The summed E-state index contributed by atoms with van der Waals surface area (Å²) in [5.74, 6) is 6.09. The van der Waals surface area contributed by atoms with Gasteiger partial charge in [-0.3, -0.25) is 19.6 Å². The van der Waals surface area contributed by atoms with Crippen molar-refractivity contribution < 1.29 is 0 Å². The van der Waals surface area contributed by atoms with Gasteiger partial charge in [-0.1, -0.05) is 189 Å². The number of piperidine rings is 4. The van der Waals surface area contributed by atoms with E-state index >= 15 is 0 Å². The van der Waals surface area contributed by atoms with Crippen molar-refractivity contribution in [3.63, 3.8) is 0 Å². The lowest BCUT2D eigenvalue weighted by molar-refractivity contribution is 0.0696. The molecule has 0 spiro atoms. The third-order valence-corrected chi connectivity index (χ3v) is 31.5. The number of anilines is 4. The number of halogens is 8. The first kappa shape index (κ1) is 95.9. The van der Waals surface area contributed by atoms with Crippen LogP contribution in [-0.2, 0) is 0 Å². The Labute approximate surface area is 817 Å². The van der Waals surface area contributed by atoms with Crippen molar-refractivity contribution in [2.45, 2.75) is 221 Å². The lowest BCUT2D eigenvalue weighted by Crippen LogP contribution is -2.54. The molecule has 12 unspecified atom stereocenters. The molecule has 0 radical (unpaired) electrons. The quantitative estimate of drug-likeness (QED) is 0.0826. The van der Waals surface area contributed by atoms with E-state index in [-0.39, 0.29) is 24.2 Å². The van der Waals surface area contributed by atoms with Gasteiger partial charge in [0.15, 0.2) is 22.6 Å². The van der Waals surface area contributed by atoms with Crippen molar-refractivity contribution in [2.75, 3.05) is 124 Å². The summed E-state index contributed by atoms with van der Waals surface area (Å²) in [7, 11) is 0. The summed E-state index contributed by atoms with van der Waals surface area (Å²) < 4.78 is 7.77. The van der Waals surface area contributed by atoms with Gasteiger partial charge in [0.2, 0.25) is 0 Å². The molecule has 702 valence electrons. The van der Waals surface area contributed by atoms with Gasteiger partial charge in [-0.2, -0.15) is 20.4 Å². The third kappa shape index (κ3) is 21.0. The molecule has 0 saturated carbocycles. The van der Waals surface area contributed by atoms with Crippen LogP contribution in [0, 0.1) is 51.4 Å². The average Bonchev–Trinajstić information content (AvgIpc) is 1.62. The minimum atomic E-state index is -0.0900. The van der Waals surface area contributed by atoms with Crippen molar-refractivity contribution in [1.29, 1.82) is 0 Å². The van der Waals surface area contributed by atoms with Crippen molar-refractivity contribution in [2.24, 2.45) is 23.7 Å². The lowest BCUT2D eigenvalue weighted by Gasteiger charge is -2.46. The largest absolute Gasteiger partial charge is 0.355 e. The normalized spacial score (nSPS) is 23.1. The van der Waals surface area contributed by atoms with Gasteiger partial charge >= 0.3 is 0 Å². The van der Waals surface area contributed by atoms with Gasteiger partial charge in [0.05, 0.1) is 71.7 Å². The molecule has 132 heavy (non-hydrogen) atoms. The molecule has 12 atom stereocenters. The molecule has 12 aromatic rings. The Morgan fingerprint density at radius 2 is 0.515 bits per heavy atom. The van der Waals surface area contributed by atoms with Crippen LogP contribution < -0.4 is 19.6 Å². The second-order valence-corrected chi connectivity index (χ2v) is 41.6. The van der Waals surface area contributed by atoms with E-state index in [9.17, 15) is 0 Å². The first-order chi connectivity index (χ1) is 63.7. The molecular formula is C100H126Cl8N24. The SMILES string of the molecule is Cc1nn(C(C)c2ccc(Cl)cc2Cl)c2nc(N3CCC(N4CC=CC4)C(C)C3)cnc12.Cc1nn(C(C)c2ccc(Cl)cc2Cl)c2nc(N3CCC(N4CCC4)C(C)C3)cnc12.Cc1nn(C(C)c2ccc(Cl)cc2Cl)c2nc(N3CCC(N4CCCCCC4)C(C)C3)cnc12.Cc1nn(C(C)c2ccc(Cl)cc2Cl)c2nc(N3CCC(N4CCCCCCC4)C(C)C3)cnc12. The Balaban J connectivity index is 0.000000123. The molecule has 7 fully saturated rings. The fourth-order valence-electron chi connectivity index (χ4n) is 21.7. The van der Waals surface area contributed by atoms with Crippen molar-refractivity contribution >= 4 is 161 Å². The zero-order valence-corrected chi connectivity index (χ0v) is 84.3. The number of aryl methyl sites for hydroxylation is 4. The first-order valence-electron chi connectivity index (χ1n) is 48.0. The number of aromatic nitrogens is 16. The smallest absolute Gasteiger partial charge is 0.179 e. The molecular weight excluding hydrogens is 1820 g/mol. The summed E-state index contributed by atoms with van der Waals surface area (Å²) in [6, 6.07) is 24.7. The Morgan fingerprint density at radius 3 is 0.735 bits per heavy atom. The standard InChI is InChI=1S/C27H36Cl2N6.C26H34Cl2N6.C24H28Cl2N6.C23H28Cl2N6/c1-18-17-34(14-11-24(18)33-12-7-5-4-6-8-13-33)25-16-30-26-19(2)32-35(27(26)31-25)20(3)22-10-9-21(28)15-23(22)29;1-17-16-33(13-10-23(17)32-11-6-4-5-7-12-32)24-15-29-25-18(2)31-34(26(25)30-24)19(3)21-9-8-20(27)14-22(21)28;1-15-14-31(11-8-21(15)30-9-4-5-10-30)22-13-27-23-16(2)29-32(24(23)28-22)17(3)19-7-6-18(25)12-20(19)26;1-14-13-30(10-7-20(14)29-8-4-9-29)21-12-26-22-15(2)28-31(23(22)27-21)16(3)18-6-5-17(24)11-19(18)25/h9-10,15-16,18,20,24H,4-8,11-14,17H2,1-3H3;8-9,14-15,17,19,23H,4-7,10-13,16H2,1-3H3;4-7,12-13,15,17,21H,8-11,14H2,1-3H3;5-6,11-12,14,16,20H,4,7-10,13H2,1-3H3. The molecule has 8 aromatic heterocycles. The van der Waals surface area contributed by atoms with E-state index in [1.807, 2.05) is 120 Å². The maximum Gasteiger partial charge on any atom is 0.179 e. The van der Waals surface area contributed by atoms with E-state index in [0.717, 1.165) is 185 Å². The molecule has 7 saturated heterocycles. The minimum Gasteiger partial charge on any atom is -0.355 e. The highest BCUT2D eigenvalue weighted by atomic mass is 35.5. The number of nitrogens with zero attached hydrogens (tertiary/aromatic N) is 24. The van der Waals surface area contributed by atoms with Gasteiger partial charge in [0.25, 0.3) is 0 Å². The predicted octanol–water partition coefficient (Wildman–Crippen LogP) is 22.8. The summed E-state index contributed by atoms with van der Waals surface area (Å²) in [5, 5.41) is 24.1. The van der Waals surface area contributed by atoms with E-state index in [4.69, 9.17) is 153 Å². The topological polar surface area (TPSA) is 200 Å². The summed E-state index contributed by atoms with van der Waals surface area (Å²) in [5.41, 5.74) is 13.9. The number of rotatable bonds is 16. The van der Waals surface area contributed by atoms with E-state index < -0.39 is 0 Å². The van der Waals surface area contributed by atoms with Gasteiger partial charge in [0, 0.05) is 130 Å². The van der Waals surface area contributed by atoms with Crippen LogP contribution in [0.25, 0.3) is 44.7 Å². The van der Waals surface area contributed by atoms with E-state index in [2.05, 4.69) is 107 Å². The van der Waals surface area contributed by atoms with Gasteiger partial charge in [0.1, 0.15) is 45.3 Å². The van der Waals surface area contributed by atoms with Crippen LogP contribution in [0.15, 0.2) is 110 Å². The van der Waals surface area contributed by atoms with Crippen molar-refractivity contribution in [3.8, 4) is 0 Å². The molecule has 0 N–H and O–H groups in total. The van der Waals surface area contributed by atoms with Gasteiger partial charge in [-0.25, -0.2) is 58.6 Å². The van der Waals surface area contributed by atoms with Crippen molar-refractivity contribution in [3.05, 3.63) is 195 Å². The van der Waals surface area contributed by atoms with E-state index in [1.165, 1.54) is 123 Å². The molecule has 24 nitrogen and oxygen atoms in total. The van der Waals surface area contributed by atoms with Crippen LogP contribution in [-0.4, -0.2) is 227 Å². The summed E-state index contributed by atoms with van der Waals surface area (Å²) in [6.45, 7) is 43.5. The molecule has 8 aliphatic heterocycles. The molecule has 0 amide bonds. The van der Waals surface area contributed by atoms with Crippen LogP contribution in [0.1, 0.15) is 214 Å². The minimum absolute atomic E-state index is 0.0819. The number of fused-ring (bicyclic) bond motifs is 4. The Kier molecular flexibility index (Phi) is 30.8. The average molecular weight is 1950 g/mol. The molecule has 20 rings (SSSR count). The molecule has 8 aliphatic rings. The number of hydrogen-bond acceptors (Lipinski definition) is 20. The first-order valence-corrected chi connectivity index (χ1v) is 51.0. The monoisotopic (exact) mass is 1940 g/mol. The lowest BCUT2D eigenvalue weighted by atomic mass is 9.90. The number of benzene rings is 4. The highest BCUT2D eigenvalue weighted by Gasteiger charge is 2.39. The van der Waals surface area contributed by atoms with Crippen LogP contribution in [0.2, 0.25) is 40.2 Å². The summed E-state index contributed by atoms with van der Waals surface area (Å²) in [4.78, 5) is 59.6. The van der Waals surface area contributed by atoms with Crippen LogP contribution in [0.5, 0.6) is 0 Å². The van der Waals surface area contributed by atoms with Gasteiger partial charge in [-0.05, 0) is 247 Å². The van der Waals surface area contributed by atoms with Crippen LogP contribution in [0.3, 0.4) is 0 Å². The fraction of sp³-hybridized carbons (Fsp3) is 0.540. The van der Waals surface area contributed by atoms with E-state index in [1.54, 1.807) is 24.3 Å². The highest BCUT2D eigenvalue weighted by Crippen LogP contribution is 2.41. The second kappa shape index (κ2) is 42.4. The highest BCUT2D eigenvalue weighted by molar-refractivity contribution is 6.37. The number of likely N-dealkylation sites (tertiary alicyclic amines) is 3. The molecule has 0 aliphatic carbocycles. The molecule has 32 heteroatoms. The van der Waals surface area contributed by atoms with Crippen LogP contribution in [0.4, 0.5) is 23.3 Å². The van der Waals surface area contributed by atoms with Gasteiger partial charge in [-0.15, -0.1) is 0 Å². The third-order valence-electron chi connectivity index (χ3n) is 29.2.